The van der Waals surface area contributed by atoms with Gasteiger partial charge in [0.1, 0.15) is 10.6 Å². The Hall–Kier alpha value is -2.75. The van der Waals surface area contributed by atoms with Gasteiger partial charge in [-0.25, -0.2) is 13.4 Å². The molecule has 1 aromatic heterocycles. The fourth-order valence-corrected chi connectivity index (χ4v) is 6.26. The molecule has 1 aliphatic heterocycles. The Morgan fingerprint density at radius 2 is 1.88 bits per heavy atom. The van der Waals surface area contributed by atoms with Crippen molar-refractivity contribution in [3.05, 3.63) is 59.0 Å². The molecule has 2 heterocycles. The van der Waals surface area contributed by atoms with Gasteiger partial charge < -0.3 is 4.74 Å². The highest BCUT2D eigenvalue weighted by Crippen LogP contribution is 2.31. The molecule has 0 radical (unpaired) electrons. The molecule has 1 saturated heterocycles. The molecule has 1 amide bonds. The molecule has 0 atom stereocenters. The Kier molecular flexibility index (Phi) is 7.11. The lowest BCUT2D eigenvalue weighted by Gasteiger charge is -2.18. The lowest BCUT2D eigenvalue weighted by Crippen LogP contribution is -2.28. The number of hydrogen-bond acceptors (Lipinski definition) is 6. The Balaban J connectivity index is 1.53. The van der Waals surface area contributed by atoms with Crippen LogP contribution in [0.4, 0.5) is 5.13 Å². The summed E-state index contributed by atoms with van der Waals surface area (Å²) in [6.07, 6.45) is 3.79. The Bertz CT molecular complexity index is 1230. The first kappa shape index (κ1) is 23.4. The van der Waals surface area contributed by atoms with E-state index in [4.69, 9.17) is 4.74 Å². The topological polar surface area (TPSA) is 88.6 Å². The van der Waals surface area contributed by atoms with E-state index in [9.17, 15) is 13.2 Å². The number of aromatic nitrogens is 1. The largest absolute Gasteiger partial charge is 0.495 e. The number of nitrogens with one attached hydrogen (secondary N) is 1. The zero-order valence-electron chi connectivity index (χ0n) is 18.7. The van der Waals surface area contributed by atoms with Gasteiger partial charge in [-0.3, -0.25) is 10.1 Å². The number of carbonyl (C=O) groups excluding carboxylic acids is 1. The van der Waals surface area contributed by atoms with E-state index in [0.29, 0.717) is 18.2 Å². The van der Waals surface area contributed by atoms with Gasteiger partial charge in [0.15, 0.2) is 5.13 Å². The van der Waals surface area contributed by atoms with E-state index in [1.165, 1.54) is 40.4 Å². The van der Waals surface area contributed by atoms with Gasteiger partial charge in [0.05, 0.1) is 12.8 Å². The monoisotopic (exact) mass is 485 g/mol. The summed E-state index contributed by atoms with van der Waals surface area (Å²) in [5, 5.41) is 5.13. The highest BCUT2D eigenvalue weighted by atomic mass is 32.2. The molecule has 4 rings (SSSR count). The Labute approximate surface area is 198 Å². The standard InChI is InChI=1S/C24H27N3O4S2/c1-3-6-17-7-9-18(10-8-17)20-16-32-24(25-20)26-23(28)19-11-12-21(31-2)22(15-19)33(29,30)27-13-4-5-14-27/h7-12,15-16H,3-6,13-14H2,1-2H3,(H,25,26,28). The van der Waals surface area contributed by atoms with Gasteiger partial charge >= 0.3 is 0 Å². The summed E-state index contributed by atoms with van der Waals surface area (Å²) in [5.41, 5.74) is 3.28. The van der Waals surface area contributed by atoms with E-state index >= 15 is 0 Å². The molecule has 3 aromatic rings. The summed E-state index contributed by atoms with van der Waals surface area (Å²) < 4.78 is 32.9. The molecule has 0 spiro atoms. The fraction of sp³-hybridized carbons (Fsp3) is 0.333. The highest BCUT2D eigenvalue weighted by Gasteiger charge is 2.30. The van der Waals surface area contributed by atoms with Gasteiger partial charge in [-0.1, -0.05) is 37.6 Å². The number of hydrogen-bond donors (Lipinski definition) is 1. The third-order valence-corrected chi connectivity index (χ3v) is 8.30. The normalized spacial score (nSPS) is 14.4. The molecule has 9 heteroatoms. The Morgan fingerprint density at radius 1 is 1.15 bits per heavy atom. The maximum Gasteiger partial charge on any atom is 0.257 e. The van der Waals surface area contributed by atoms with Crippen molar-refractivity contribution in [1.82, 2.24) is 9.29 Å². The highest BCUT2D eigenvalue weighted by molar-refractivity contribution is 7.89. The first-order valence-electron chi connectivity index (χ1n) is 11.0. The smallest absolute Gasteiger partial charge is 0.257 e. The number of anilines is 1. The van der Waals surface area contributed by atoms with Gasteiger partial charge in [0.25, 0.3) is 5.91 Å². The third-order valence-electron chi connectivity index (χ3n) is 5.62. The van der Waals surface area contributed by atoms with Crippen LogP contribution >= 0.6 is 11.3 Å². The average Bonchev–Trinajstić information content (AvgIpc) is 3.52. The second-order valence-corrected chi connectivity index (χ2v) is 10.7. The molecular weight excluding hydrogens is 458 g/mol. The first-order valence-corrected chi connectivity index (χ1v) is 13.3. The number of methoxy groups -OCH3 is 1. The van der Waals surface area contributed by atoms with Crippen molar-refractivity contribution in [3.8, 4) is 17.0 Å². The van der Waals surface area contributed by atoms with Crippen molar-refractivity contribution < 1.29 is 17.9 Å². The van der Waals surface area contributed by atoms with Crippen LogP contribution in [0.1, 0.15) is 42.1 Å². The zero-order valence-corrected chi connectivity index (χ0v) is 20.3. The summed E-state index contributed by atoms with van der Waals surface area (Å²) in [5.74, 6) is -0.198. The maximum atomic E-state index is 13.1. The van der Waals surface area contributed by atoms with Crippen LogP contribution in [0.5, 0.6) is 5.75 Å². The van der Waals surface area contributed by atoms with Gasteiger partial charge in [0.2, 0.25) is 10.0 Å². The van der Waals surface area contributed by atoms with Gasteiger partial charge in [-0.05, 0) is 43.0 Å². The van der Waals surface area contributed by atoms with E-state index in [-0.39, 0.29) is 16.2 Å². The SMILES string of the molecule is CCCc1ccc(-c2csc(NC(=O)c3ccc(OC)c(S(=O)(=O)N4CCCC4)c3)n2)cc1. The maximum absolute atomic E-state index is 13.1. The second kappa shape index (κ2) is 10.0. The van der Waals surface area contributed by atoms with Crippen LogP contribution in [0.15, 0.2) is 52.7 Å². The van der Waals surface area contributed by atoms with E-state index in [0.717, 1.165) is 36.9 Å². The number of amides is 1. The van der Waals surface area contributed by atoms with E-state index in [2.05, 4.69) is 29.4 Å². The molecule has 1 fully saturated rings. The lowest BCUT2D eigenvalue weighted by molar-refractivity contribution is 0.102. The van der Waals surface area contributed by atoms with Crippen LogP contribution in [0.3, 0.4) is 0 Å². The summed E-state index contributed by atoms with van der Waals surface area (Å²) in [4.78, 5) is 17.4. The van der Waals surface area contributed by atoms with E-state index < -0.39 is 15.9 Å². The molecule has 0 unspecified atom stereocenters. The van der Waals surface area contributed by atoms with Crippen molar-refractivity contribution in [1.29, 1.82) is 0 Å². The summed E-state index contributed by atoms with van der Waals surface area (Å²) >= 11 is 1.33. The summed E-state index contributed by atoms with van der Waals surface area (Å²) in [7, 11) is -2.31. The molecule has 2 aromatic carbocycles. The van der Waals surface area contributed by atoms with Crippen LogP contribution < -0.4 is 10.1 Å². The Morgan fingerprint density at radius 3 is 2.55 bits per heavy atom. The first-order chi connectivity index (χ1) is 15.9. The molecule has 1 N–H and O–H groups in total. The number of benzene rings is 2. The van der Waals surface area contributed by atoms with Crippen molar-refractivity contribution in [2.24, 2.45) is 0 Å². The van der Waals surface area contributed by atoms with Crippen LogP contribution in [0.2, 0.25) is 0 Å². The van der Waals surface area contributed by atoms with Gasteiger partial charge in [0, 0.05) is 29.6 Å². The molecular formula is C24H27N3O4S2. The number of rotatable bonds is 8. The minimum atomic E-state index is -3.73. The second-order valence-electron chi connectivity index (χ2n) is 7.92. The quantitative estimate of drug-likeness (QED) is 0.495. The summed E-state index contributed by atoms with van der Waals surface area (Å²) in [6, 6.07) is 12.7. The molecule has 0 aliphatic carbocycles. The van der Waals surface area contributed by atoms with Gasteiger partial charge in [-0.15, -0.1) is 11.3 Å². The fourth-order valence-electron chi connectivity index (χ4n) is 3.85. The molecule has 174 valence electrons. The van der Waals surface area contributed by atoms with E-state index in [1.54, 1.807) is 6.07 Å². The number of ether oxygens (including phenoxy) is 1. The number of carbonyl (C=O) groups is 1. The number of sulfonamides is 1. The molecule has 0 bridgehead atoms. The minimum Gasteiger partial charge on any atom is -0.495 e. The van der Waals surface area contributed by atoms with Crippen molar-refractivity contribution in [3.63, 3.8) is 0 Å². The molecule has 0 saturated carbocycles. The lowest BCUT2D eigenvalue weighted by atomic mass is 10.1. The predicted molar refractivity (Wildman–Crippen MR) is 130 cm³/mol. The average molecular weight is 486 g/mol. The van der Waals surface area contributed by atoms with Crippen molar-refractivity contribution >= 4 is 32.4 Å². The molecule has 33 heavy (non-hydrogen) atoms. The predicted octanol–water partition coefficient (Wildman–Crippen LogP) is 4.81. The van der Waals surface area contributed by atoms with Crippen LogP contribution in [-0.4, -0.2) is 43.8 Å². The third kappa shape index (κ3) is 5.10. The number of thiazole rings is 1. The molecule has 7 nitrogen and oxygen atoms in total. The van der Waals surface area contributed by atoms with Crippen LogP contribution in [0.25, 0.3) is 11.3 Å². The number of aryl methyl sites for hydroxylation is 1. The van der Waals surface area contributed by atoms with Crippen LogP contribution in [0, 0.1) is 0 Å². The van der Waals surface area contributed by atoms with E-state index in [1.807, 2.05) is 17.5 Å². The van der Waals surface area contributed by atoms with Crippen molar-refractivity contribution in [2.45, 2.75) is 37.5 Å². The van der Waals surface area contributed by atoms with Crippen molar-refractivity contribution in [2.75, 3.05) is 25.5 Å². The van der Waals surface area contributed by atoms with Gasteiger partial charge in [-0.2, -0.15) is 4.31 Å². The summed E-state index contributed by atoms with van der Waals surface area (Å²) in [6.45, 7) is 3.10. The molecule has 1 aliphatic rings. The number of nitrogens with zero attached hydrogens (tertiary/aromatic N) is 2. The van der Waals surface area contributed by atoms with Crippen LogP contribution in [-0.2, 0) is 16.4 Å². The zero-order chi connectivity index (χ0) is 23.4. The minimum absolute atomic E-state index is 0.00606.